The molecule has 3 heterocycles. The maximum absolute atomic E-state index is 5.79. The van der Waals surface area contributed by atoms with Crippen molar-refractivity contribution in [3.63, 3.8) is 0 Å². The molecule has 0 amide bonds. The first-order valence-corrected chi connectivity index (χ1v) is 9.22. The number of benzene rings is 2. The van der Waals surface area contributed by atoms with E-state index in [9.17, 15) is 0 Å². The average Bonchev–Trinajstić information content (AvgIpc) is 3.35. The van der Waals surface area contributed by atoms with Gasteiger partial charge in [0.25, 0.3) is 0 Å². The summed E-state index contributed by atoms with van der Waals surface area (Å²) in [6.07, 6.45) is 0.890. The van der Waals surface area contributed by atoms with Crippen LogP contribution in [0.1, 0.15) is 28.6 Å². The van der Waals surface area contributed by atoms with Crippen molar-refractivity contribution in [3.05, 3.63) is 52.8 Å². The van der Waals surface area contributed by atoms with Gasteiger partial charge in [0.1, 0.15) is 6.04 Å². The van der Waals surface area contributed by atoms with Gasteiger partial charge >= 0.3 is 0 Å². The Morgan fingerprint density at radius 2 is 2.11 bits per heavy atom. The van der Waals surface area contributed by atoms with Gasteiger partial charge in [0.2, 0.25) is 12.5 Å². The van der Waals surface area contributed by atoms with Crippen LogP contribution in [0.5, 0.6) is 17.2 Å². The minimum atomic E-state index is -0.163. The zero-order valence-electron chi connectivity index (χ0n) is 16.0. The molecule has 0 bridgehead atoms. The first-order valence-electron chi connectivity index (χ1n) is 9.22. The second kappa shape index (κ2) is 6.49. The lowest BCUT2D eigenvalue weighted by Crippen LogP contribution is -2.35. The van der Waals surface area contributed by atoms with Crippen LogP contribution in [-0.4, -0.2) is 52.6 Å². The Morgan fingerprint density at radius 3 is 2.93 bits per heavy atom. The Kier molecular flexibility index (Phi) is 3.94. The third-order valence-corrected chi connectivity index (χ3v) is 5.38. The standard InChI is InChI=1S/C20H21N5O3/c1-12-5-4-6-14(9-12)25-20(21-22-23-25)17-16-13(7-8-24(17)2)10-15-18(19(16)26-3)28-11-27-15/h4-6,9-10,17H,7-8,11H2,1-3H3/t17-/m0/s1. The molecule has 2 aromatic carbocycles. The normalized spacial score (nSPS) is 18.2. The van der Waals surface area contributed by atoms with Gasteiger partial charge in [0.05, 0.1) is 12.8 Å². The molecule has 0 saturated carbocycles. The number of hydrogen-bond acceptors (Lipinski definition) is 7. The maximum Gasteiger partial charge on any atom is 0.231 e. The summed E-state index contributed by atoms with van der Waals surface area (Å²) in [4.78, 5) is 2.24. The highest BCUT2D eigenvalue weighted by Crippen LogP contribution is 2.50. The molecule has 8 nitrogen and oxygen atoms in total. The molecule has 28 heavy (non-hydrogen) atoms. The number of tetrazole rings is 1. The molecule has 5 rings (SSSR count). The van der Waals surface area contributed by atoms with E-state index in [0.717, 1.165) is 41.4 Å². The van der Waals surface area contributed by atoms with Gasteiger partial charge < -0.3 is 14.2 Å². The molecule has 144 valence electrons. The van der Waals surface area contributed by atoms with E-state index in [1.807, 2.05) is 12.1 Å². The van der Waals surface area contributed by atoms with Gasteiger partial charge in [-0.15, -0.1) is 5.10 Å². The van der Waals surface area contributed by atoms with Crippen LogP contribution in [0.2, 0.25) is 0 Å². The number of likely N-dealkylation sites (N-methyl/N-ethyl adjacent to an activating group) is 1. The minimum Gasteiger partial charge on any atom is -0.492 e. The highest BCUT2D eigenvalue weighted by atomic mass is 16.7. The Hall–Kier alpha value is -3.13. The second-order valence-corrected chi connectivity index (χ2v) is 7.14. The molecule has 0 unspecified atom stereocenters. The molecular formula is C20H21N5O3. The van der Waals surface area contributed by atoms with Crippen LogP contribution in [0.25, 0.3) is 5.69 Å². The van der Waals surface area contributed by atoms with Crippen LogP contribution in [0.15, 0.2) is 30.3 Å². The smallest absolute Gasteiger partial charge is 0.231 e. The van der Waals surface area contributed by atoms with Crippen molar-refractivity contribution in [1.82, 2.24) is 25.1 Å². The van der Waals surface area contributed by atoms with E-state index >= 15 is 0 Å². The lowest BCUT2D eigenvalue weighted by atomic mass is 9.90. The molecule has 0 aliphatic carbocycles. The Morgan fingerprint density at radius 1 is 1.21 bits per heavy atom. The molecular weight excluding hydrogens is 358 g/mol. The lowest BCUT2D eigenvalue weighted by molar-refractivity contribution is 0.170. The lowest BCUT2D eigenvalue weighted by Gasteiger charge is -2.34. The third-order valence-electron chi connectivity index (χ3n) is 5.38. The molecule has 0 saturated heterocycles. The number of aromatic nitrogens is 4. The van der Waals surface area contributed by atoms with E-state index in [2.05, 4.69) is 52.6 Å². The topological polar surface area (TPSA) is 74.5 Å². The fourth-order valence-corrected chi connectivity index (χ4v) is 4.07. The molecule has 3 aromatic rings. The van der Waals surface area contributed by atoms with Gasteiger partial charge in [-0.1, -0.05) is 12.1 Å². The van der Waals surface area contributed by atoms with Crippen molar-refractivity contribution in [3.8, 4) is 22.9 Å². The molecule has 2 aliphatic heterocycles. The molecule has 0 N–H and O–H groups in total. The zero-order valence-corrected chi connectivity index (χ0v) is 16.0. The summed E-state index contributed by atoms with van der Waals surface area (Å²) in [5.41, 5.74) is 4.28. The quantitative estimate of drug-likeness (QED) is 0.691. The van der Waals surface area contributed by atoms with Crippen molar-refractivity contribution in [2.45, 2.75) is 19.4 Å². The molecule has 1 atom stereocenters. The maximum atomic E-state index is 5.79. The summed E-state index contributed by atoms with van der Waals surface area (Å²) in [5, 5.41) is 12.6. The van der Waals surface area contributed by atoms with Crippen molar-refractivity contribution in [2.24, 2.45) is 0 Å². The summed E-state index contributed by atoms with van der Waals surface area (Å²) in [6, 6.07) is 10.0. The molecule has 8 heteroatoms. The monoisotopic (exact) mass is 379 g/mol. The van der Waals surface area contributed by atoms with Crippen molar-refractivity contribution in [2.75, 3.05) is 27.5 Å². The molecule has 1 aromatic heterocycles. The molecule has 0 radical (unpaired) electrons. The number of methoxy groups -OCH3 is 1. The van der Waals surface area contributed by atoms with Gasteiger partial charge in [0.15, 0.2) is 17.3 Å². The largest absolute Gasteiger partial charge is 0.492 e. The van der Waals surface area contributed by atoms with Crippen LogP contribution in [0.4, 0.5) is 0 Å². The van der Waals surface area contributed by atoms with E-state index in [1.54, 1.807) is 11.8 Å². The summed E-state index contributed by atoms with van der Waals surface area (Å²) in [5.74, 6) is 2.82. The van der Waals surface area contributed by atoms with Gasteiger partial charge in [0, 0.05) is 12.1 Å². The Labute approximate surface area is 162 Å². The summed E-state index contributed by atoms with van der Waals surface area (Å²) in [6.45, 7) is 3.14. The number of aryl methyl sites for hydroxylation is 1. The highest BCUT2D eigenvalue weighted by molar-refractivity contribution is 5.62. The van der Waals surface area contributed by atoms with E-state index < -0.39 is 0 Å². The number of rotatable bonds is 3. The number of nitrogens with zero attached hydrogens (tertiary/aromatic N) is 5. The van der Waals surface area contributed by atoms with E-state index in [0.29, 0.717) is 11.5 Å². The van der Waals surface area contributed by atoms with Gasteiger partial charge in [-0.2, -0.15) is 4.68 Å². The zero-order chi connectivity index (χ0) is 19.3. The predicted molar refractivity (Wildman–Crippen MR) is 101 cm³/mol. The van der Waals surface area contributed by atoms with Gasteiger partial charge in [-0.3, -0.25) is 4.90 Å². The summed E-state index contributed by atoms with van der Waals surface area (Å²) < 4.78 is 18.9. The predicted octanol–water partition coefficient (Wildman–Crippen LogP) is 2.29. The van der Waals surface area contributed by atoms with Crippen LogP contribution in [0, 0.1) is 6.92 Å². The highest BCUT2D eigenvalue weighted by Gasteiger charge is 2.37. The van der Waals surface area contributed by atoms with Gasteiger partial charge in [-0.25, -0.2) is 0 Å². The van der Waals surface area contributed by atoms with E-state index in [-0.39, 0.29) is 12.8 Å². The molecule has 0 spiro atoms. The molecule has 2 aliphatic rings. The second-order valence-electron chi connectivity index (χ2n) is 7.14. The van der Waals surface area contributed by atoms with Crippen molar-refractivity contribution < 1.29 is 14.2 Å². The van der Waals surface area contributed by atoms with Crippen LogP contribution < -0.4 is 14.2 Å². The number of ether oxygens (including phenoxy) is 3. The Balaban J connectivity index is 1.71. The first-order chi connectivity index (χ1) is 13.7. The summed E-state index contributed by atoms with van der Waals surface area (Å²) >= 11 is 0. The fourth-order valence-electron chi connectivity index (χ4n) is 4.07. The number of hydrogen-bond donors (Lipinski definition) is 0. The van der Waals surface area contributed by atoms with E-state index in [1.165, 1.54) is 5.56 Å². The van der Waals surface area contributed by atoms with Crippen molar-refractivity contribution >= 4 is 0 Å². The van der Waals surface area contributed by atoms with Gasteiger partial charge in [-0.05, 0) is 60.1 Å². The van der Waals surface area contributed by atoms with Crippen molar-refractivity contribution in [1.29, 1.82) is 0 Å². The SMILES string of the molecule is COc1c2c(cc3c1[C@@H](c1nnnn1-c1cccc(C)c1)N(C)CC3)OCO2. The van der Waals surface area contributed by atoms with Crippen LogP contribution >= 0.6 is 0 Å². The average molecular weight is 379 g/mol. The van der Waals surface area contributed by atoms with Crippen LogP contribution in [-0.2, 0) is 6.42 Å². The third kappa shape index (κ3) is 2.52. The first kappa shape index (κ1) is 17.0. The minimum absolute atomic E-state index is 0.163. The Bertz CT molecular complexity index is 1050. The summed E-state index contributed by atoms with van der Waals surface area (Å²) in [7, 11) is 3.74. The van der Waals surface area contributed by atoms with Crippen LogP contribution in [0.3, 0.4) is 0 Å². The number of fused-ring (bicyclic) bond motifs is 2. The van der Waals surface area contributed by atoms with E-state index in [4.69, 9.17) is 14.2 Å². The molecule has 0 fully saturated rings. The fraction of sp³-hybridized carbons (Fsp3) is 0.350.